The molecule has 0 spiro atoms. The van der Waals surface area contributed by atoms with Gasteiger partial charge in [0.05, 0.1) is 0 Å². The Morgan fingerprint density at radius 3 is 2.41 bits per heavy atom. The summed E-state index contributed by atoms with van der Waals surface area (Å²) in [5, 5.41) is 2.85. The quantitative estimate of drug-likeness (QED) is 0.816. The van der Waals surface area contributed by atoms with E-state index in [9.17, 15) is 4.79 Å². The van der Waals surface area contributed by atoms with Gasteiger partial charge in [0.1, 0.15) is 0 Å². The number of hydrogen-bond donors (Lipinski definition) is 2. The van der Waals surface area contributed by atoms with Crippen LogP contribution in [0, 0.1) is 5.41 Å². The van der Waals surface area contributed by atoms with Gasteiger partial charge in [-0.15, -0.1) is 12.4 Å². The van der Waals surface area contributed by atoms with E-state index >= 15 is 0 Å². The van der Waals surface area contributed by atoms with Gasteiger partial charge in [-0.2, -0.15) is 0 Å². The Kier molecular flexibility index (Phi) is 8.09. The van der Waals surface area contributed by atoms with Crippen molar-refractivity contribution in [2.75, 3.05) is 13.1 Å². The molecular weight excluding hydrogens is 304 g/mol. The molecule has 0 unspecified atom stereocenters. The van der Waals surface area contributed by atoms with E-state index in [1.165, 1.54) is 19.3 Å². The smallest absolute Gasteiger partial charge is 0.220 e. The highest BCUT2D eigenvalue weighted by Crippen LogP contribution is 2.38. The predicted molar refractivity (Wildman–Crippen MR) is 77.5 cm³/mol. The Labute approximate surface area is 118 Å². The second-order valence-electron chi connectivity index (χ2n) is 4.74. The highest BCUT2D eigenvalue weighted by atomic mass is 79.9. The van der Waals surface area contributed by atoms with Crippen molar-refractivity contribution in [2.45, 2.75) is 38.5 Å². The van der Waals surface area contributed by atoms with Gasteiger partial charge in [0.25, 0.3) is 0 Å². The van der Waals surface area contributed by atoms with E-state index in [4.69, 9.17) is 5.73 Å². The molecular formula is C12H22BrClN2O. The molecule has 0 radical (unpaired) electrons. The minimum absolute atomic E-state index is 0. The monoisotopic (exact) mass is 324 g/mol. The van der Waals surface area contributed by atoms with Crippen molar-refractivity contribution in [1.82, 2.24) is 5.32 Å². The van der Waals surface area contributed by atoms with E-state index in [0.717, 1.165) is 17.3 Å². The van der Waals surface area contributed by atoms with E-state index in [0.29, 0.717) is 19.5 Å². The molecule has 1 rings (SSSR count). The number of carbonyl (C=O) groups is 1. The minimum Gasteiger partial charge on any atom is -0.352 e. The van der Waals surface area contributed by atoms with Gasteiger partial charge in [-0.25, -0.2) is 0 Å². The van der Waals surface area contributed by atoms with Crippen molar-refractivity contribution in [2.24, 2.45) is 11.1 Å². The molecule has 1 saturated carbocycles. The zero-order valence-electron chi connectivity index (χ0n) is 10.1. The Balaban J connectivity index is 0.00000256. The number of halogens is 2. The number of nitrogens with two attached hydrogens (primary N) is 1. The van der Waals surface area contributed by atoms with Crippen LogP contribution in [0.25, 0.3) is 0 Å². The molecule has 3 nitrogen and oxygen atoms in total. The summed E-state index contributed by atoms with van der Waals surface area (Å²) in [6.45, 7) is 4.81. The SMILES string of the molecule is C=C(Br)CNC(=O)CC1(CN)CCCCC1.Cl. The van der Waals surface area contributed by atoms with Crippen LogP contribution in [0.1, 0.15) is 38.5 Å². The van der Waals surface area contributed by atoms with Gasteiger partial charge in [0, 0.05) is 17.4 Å². The Hall–Kier alpha value is -0.0600. The van der Waals surface area contributed by atoms with Crippen molar-refractivity contribution >= 4 is 34.2 Å². The second kappa shape index (κ2) is 8.11. The Morgan fingerprint density at radius 2 is 1.94 bits per heavy atom. The molecule has 0 heterocycles. The minimum atomic E-state index is 0. The van der Waals surface area contributed by atoms with Gasteiger partial charge in [0.2, 0.25) is 5.91 Å². The van der Waals surface area contributed by atoms with Crippen molar-refractivity contribution in [3.8, 4) is 0 Å². The molecule has 0 aliphatic heterocycles. The summed E-state index contributed by atoms with van der Waals surface area (Å²) in [6.07, 6.45) is 6.43. The topological polar surface area (TPSA) is 55.1 Å². The molecule has 1 aliphatic carbocycles. The summed E-state index contributed by atoms with van der Waals surface area (Å²) in [4.78, 5) is 11.8. The van der Waals surface area contributed by atoms with Crippen molar-refractivity contribution in [3.05, 3.63) is 11.1 Å². The molecule has 0 bridgehead atoms. The van der Waals surface area contributed by atoms with Crippen LogP contribution in [0.5, 0.6) is 0 Å². The average Bonchev–Trinajstić information content (AvgIpc) is 2.28. The summed E-state index contributed by atoms with van der Waals surface area (Å²) in [5.74, 6) is 0.0907. The van der Waals surface area contributed by atoms with Gasteiger partial charge in [-0.05, 0) is 24.8 Å². The fourth-order valence-electron chi connectivity index (χ4n) is 2.35. The first-order valence-corrected chi connectivity index (χ1v) is 6.67. The first-order chi connectivity index (χ1) is 7.58. The third-order valence-electron chi connectivity index (χ3n) is 3.36. The van der Waals surface area contributed by atoms with E-state index < -0.39 is 0 Å². The maximum atomic E-state index is 11.8. The molecule has 0 aromatic carbocycles. The van der Waals surface area contributed by atoms with Crippen LogP contribution in [-0.2, 0) is 4.79 Å². The van der Waals surface area contributed by atoms with Gasteiger partial charge >= 0.3 is 0 Å². The molecule has 0 aromatic heterocycles. The molecule has 1 aliphatic rings. The average molecular weight is 326 g/mol. The highest BCUT2D eigenvalue weighted by Gasteiger charge is 2.32. The largest absolute Gasteiger partial charge is 0.352 e. The molecule has 0 aromatic rings. The predicted octanol–water partition coefficient (Wildman–Crippen LogP) is 2.73. The highest BCUT2D eigenvalue weighted by molar-refractivity contribution is 9.11. The summed E-state index contributed by atoms with van der Waals surface area (Å²) in [6, 6.07) is 0. The van der Waals surface area contributed by atoms with Crippen molar-refractivity contribution in [3.63, 3.8) is 0 Å². The fourth-order valence-corrected chi connectivity index (χ4v) is 2.49. The second-order valence-corrected chi connectivity index (χ2v) is 5.86. The normalized spacial score (nSPS) is 18.0. The van der Waals surface area contributed by atoms with Crippen LogP contribution in [0.15, 0.2) is 11.1 Å². The summed E-state index contributed by atoms with van der Waals surface area (Å²) < 4.78 is 0.797. The standard InChI is InChI=1S/C12H21BrN2O.ClH/c1-10(13)8-15-11(16)7-12(9-14)5-3-2-4-6-12;/h1-9,14H2,(H,15,16);1H. The molecule has 0 saturated heterocycles. The summed E-state index contributed by atoms with van der Waals surface area (Å²) in [7, 11) is 0. The van der Waals surface area contributed by atoms with Gasteiger partial charge in [0.15, 0.2) is 0 Å². The van der Waals surface area contributed by atoms with Gasteiger partial charge in [-0.1, -0.05) is 41.8 Å². The third kappa shape index (κ3) is 5.89. The number of rotatable bonds is 5. The lowest BCUT2D eigenvalue weighted by Crippen LogP contribution is -2.38. The fraction of sp³-hybridized carbons (Fsp3) is 0.750. The summed E-state index contributed by atoms with van der Waals surface area (Å²) >= 11 is 3.22. The van der Waals surface area contributed by atoms with Crippen LogP contribution in [0.3, 0.4) is 0 Å². The number of amides is 1. The van der Waals surface area contributed by atoms with Crippen molar-refractivity contribution < 1.29 is 4.79 Å². The van der Waals surface area contributed by atoms with Crippen LogP contribution < -0.4 is 11.1 Å². The molecule has 17 heavy (non-hydrogen) atoms. The lowest BCUT2D eigenvalue weighted by molar-refractivity contribution is -0.123. The van der Waals surface area contributed by atoms with E-state index in [2.05, 4.69) is 27.8 Å². The first-order valence-electron chi connectivity index (χ1n) is 5.88. The van der Waals surface area contributed by atoms with Crippen LogP contribution in [0.4, 0.5) is 0 Å². The molecule has 5 heteroatoms. The Bertz CT molecular complexity index is 265. The Morgan fingerprint density at radius 1 is 1.35 bits per heavy atom. The number of hydrogen-bond acceptors (Lipinski definition) is 2. The lowest BCUT2D eigenvalue weighted by atomic mass is 9.71. The molecule has 0 atom stereocenters. The van der Waals surface area contributed by atoms with Crippen molar-refractivity contribution in [1.29, 1.82) is 0 Å². The zero-order chi connectivity index (χ0) is 12.0. The molecule has 1 amide bonds. The molecule has 3 N–H and O–H groups in total. The number of carbonyl (C=O) groups excluding carboxylic acids is 1. The van der Waals surface area contributed by atoms with E-state index in [1.54, 1.807) is 0 Å². The van der Waals surface area contributed by atoms with E-state index in [-0.39, 0.29) is 23.7 Å². The lowest BCUT2D eigenvalue weighted by Gasteiger charge is -2.35. The number of nitrogens with one attached hydrogen (secondary N) is 1. The third-order valence-corrected chi connectivity index (χ3v) is 3.64. The van der Waals surface area contributed by atoms with E-state index in [1.807, 2.05) is 0 Å². The van der Waals surface area contributed by atoms with Gasteiger partial charge < -0.3 is 11.1 Å². The van der Waals surface area contributed by atoms with Gasteiger partial charge in [-0.3, -0.25) is 4.79 Å². The first kappa shape index (κ1) is 16.9. The maximum absolute atomic E-state index is 11.8. The molecule has 1 fully saturated rings. The zero-order valence-corrected chi connectivity index (χ0v) is 12.5. The van der Waals surface area contributed by atoms with Crippen LogP contribution in [0.2, 0.25) is 0 Å². The van der Waals surface area contributed by atoms with Crippen LogP contribution in [-0.4, -0.2) is 19.0 Å². The maximum Gasteiger partial charge on any atom is 0.220 e. The summed E-state index contributed by atoms with van der Waals surface area (Å²) in [5.41, 5.74) is 5.89. The van der Waals surface area contributed by atoms with Crippen LogP contribution >= 0.6 is 28.3 Å². The molecule has 100 valence electrons.